The maximum Gasteiger partial charge on any atom is 0.321 e. The summed E-state index contributed by atoms with van der Waals surface area (Å²) < 4.78 is 5.60. The van der Waals surface area contributed by atoms with E-state index >= 15 is 0 Å². The summed E-state index contributed by atoms with van der Waals surface area (Å²) in [6, 6.07) is 13.6. The van der Waals surface area contributed by atoms with Crippen molar-refractivity contribution < 1.29 is 14.0 Å². The van der Waals surface area contributed by atoms with Crippen molar-refractivity contribution in [2.24, 2.45) is 0 Å². The molecule has 0 spiro atoms. The average Bonchev–Trinajstić information content (AvgIpc) is 3.09. The topological polar surface area (TPSA) is 65.8 Å². The summed E-state index contributed by atoms with van der Waals surface area (Å²) in [6.07, 6.45) is 1.99. The van der Waals surface area contributed by atoms with Crippen LogP contribution in [0.4, 0.5) is 10.5 Å². The van der Waals surface area contributed by atoms with Crippen molar-refractivity contribution in [3.8, 4) is 0 Å². The molecule has 6 nitrogen and oxygen atoms in total. The van der Waals surface area contributed by atoms with E-state index < -0.39 is 0 Å². The Bertz CT molecular complexity index is 1050. The molecule has 3 amide bonds. The van der Waals surface area contributed by atoms with Crippen LogP contribution in [0.25, 0.3) is 11.0 Å². The standard InChI is InChI=1S/C23H25N3O3/c1-16-4-3-5-19(12-16)24-23(28)26-10-8-25(9-11-26)22(27)14-18-15-29-21-13-17(2)6-7-20(18)21/h3-7,12-13,15H,8-11,14H2,1-2H3,(H,24,28). The van der Waals surface area contributed by atoms with Gasteiger partial charge in [0.2, 0.25) is 5.91 Å². The first-order chi connectivity index (χ1) is 14.0. The lowest BCUT2D eigenvalue weighted by Gasteiger charge is -2.34. The number of piperazine rings is 1. The quantitative estimate of drug-likeness (QED) is 0.735. The number of carbonyl (C=O) groups is 2. The number of aryl methyl sites for hydroxylation is 2. The second-order valence-corrected chi connectivity index (χ2v) is 7.60. The number of benzene rings is 2. The first kappa shape index (κ1) is 19.1. The summed E-state index contributed by atoms with van der Waals surface area (Å²) in [5, 5.41) is 3.91. The number of hydrogen-bond donors (Lipinski definition) is 1. The van der Waals surface area contributed by atoms with Gasteiger partial charge >= 0.3 is 6.03 Å². The summed E-state index contributed by atoms with van der Waals surface area (Å²) in [5.74, 6) is 0.0621. The van der Waals surface area contributed by atoms with Crippen LogP contribution in [0.2, 0.25) is 0 Å². The van der Waals surface area contributed by atoms with Gasteiger partial charge in [0.25, 0.3) is 0 Å². The third kappa shape index (κ3) is 4.26. The van der Waals surface area contributed by atoms with Crippen LogP contribution in [0.1, 0.15) is 16.7 Å². The van der Waals surface area contributed by atoms with Gasteiger partial charge in [0, 0.05) is 42.8 Å². The Labute approximate surface area is 170 Å². The van der Waals surface area contributed by atoms with Crippen LogP contribution in [0.15, 0.2) is 53.1 Å². The molecule has 1 aliphatic heterocycles. The van der Waals surface area contributed by atoms with Crippen molar-refractivity contribution in [2.45, 2.75) is 20.3 Å². The monoisotopic (exact) mass is 391 g/mol. The Morgan fingerprint density at radius 1 is 0.966 bits per heavy atom. The highest BCUT2D eigenvalue weighted by Gasteiger charge is 2.25. The third-order valence-electron chi connectivity index (χ3n) is 5.34. The van der Waals surface area contributed by atoms with Gasteiger partial charge in [-0.15, -0.1) is 0 Å². The number of amides is 3. The number of anilines is 1. The molecular weight excluding hydrogens is 366 g/mol. The highest BCUT2D eigenvalue weighted by atomic mass is 16.3. The van der Waals surface area contributed by atoms with Gasteiger partial charge in [-0.3, -0.25) is 4.79 Å². The summed E-state index contributed by atoms with van der Waals surface area (Å²) in [5.41, 5.74) is 4.73. The Hall–Kier alpha value is -3.28. The summed E-state index contributed by atoms with van der Waals surface area (Å²) >= 11 is 0. The molecule has 150 valence electrons. The van der Waals surface area contributed by atoms with Crippen LogP contribution in [-0.4, -0.2) is 47.9 Å². The summed E-state index contributed by atoms with van der Waals surface area (Å²) in [6.45, 7) is 6.12. The third-order valence-corrected chi connectivity index (χ3v) is 5.34. The Morgan fingerprint density at radius 2 is 1.69 bits per heavy atom. The van der Waals surface area contributed by atoms with Crippen molar-refractivity contribution in [2.75, 3.05) is 31.5 Å². The number of nitrogens with zero attached hydrogens (tertiary/aromatic N) is 2. The molecule has 6 heteroatoms. The van der Waals surface area contributed by atoms with E-state index in [-0.39, 0.29) is 11.9 Å². The first-order valence-corrected chi connectivity index (χ1v) is 9.87. The minimum Gasteiger partial charge on any atom is -0.464 e. The van der Waals surface area contributed by atoms with Crippen LogP contribution >= 0.6 is 0 Å². The molecule has 0 saturated carbocycles. The van der Waals surface area contributed by atoms with Crippen molar-refractivity contribution in [1.29, 1.82) is 0 Å². The summed E-state index contributed by atoms with van der Waals surface area (Å²) in [7, 11) is 0. The van der Waals surface area contributed by atoms with Gasteiger partial charge in [0.1, 0.15) is 5.58 Å². The zero-order valence-corrected chi connectivity index (χ0v) is 16.8. The zero-order chi connectivity index (χ0) is 20.4. The number of furan rings is 1. The number of rotatable bonds is 3. The fraction of sp³-hybridized carbons (Fsp3) is 0.304. The number of carbonyl (C=O) groups excluding carboxylic acids is 2. The molecule has 0 atom stereocenters. The van der Waals surface area contributed by atoms with E-state index in [9.17, 15) is 9.59 Å². The molecule has 4 rings (SSSR count). The Kier molecular flexibility index (Phi) is 5.25. The van der Waals surface area contributed by atoms with Gasteiger partial charge in [-0.25, -0.2) is 4.79 Å². The second-order valence-electron chi connectivity index (χ2n) is 7.60. The normalized spacial score (nSPS) is 14.3. The lowest BCUT2D eigenvalue weighted by molar-refractivity contribution is -0.131. The molecule has 0 aliphatic carbocycles. The highest BCUT2D eigenvalue weighted by Crippen LogP contribution is 2.23. The highest BCUT2D eigenvalue weighted by molar-refractivity contribution is 5.90. The number of nitrogens with one attached hydrogen (secondary N) is 1. The van der Waals surface area contributed by atoms with E-state index in [4.69, 9.17) is 4.42 Å². The van der Waals surface area contributed by atoms with Crippen LogP contribution in [0.5, 0.6) is 0 Å². The maximum atomic E-state index is 12.7. The van der Waals surface area contributed by atoms with Gasteiger partial charge in [0.05, 0.1) is 12.7 Å². The molecule has 1 fully saturated rings. The SMILES string of the molecule is Cc1cccc(NC(=O)N2CCN(C(=O)Cc3coc4cc(C)ccc34)CC2)c1. The molecule has 1 saturated heterocycles. The largest absolute Gasteiger partial charge is 0.464 e. The minimum absolute atomic E-state index is 0.0621. The van der Waals surface area contributed by atoms with Crippen LogP contribution in [0.3, 0.4) is 0 Å². The molecular formula is C23H25N3O3. The Balaban J connectivity index is 1.32. The van der Waals surface area contributed by atoms with E-state index in [1.807, 2.05) is 61.2 Å². The first-order valence-electron chi connectivity index (χ1n) is 9.87. The lowest BCUT2D eigenvalue weighted by atomic mass is 10.1. The number of fused-ring (bicyclic) bond motifs is 1. The maximum absolute atomic E-state index is 12.7. The van der Waals surface area contributed by atoms with Crippen molar-refractivity contribution in [1.82, 2.24) is 9.80 Å². The van der Waals surface area contributed by atoms with E-state index in [2.05, 4.69) is 5.32 Å². The predicted molar refractivity (Wildman–Crippen MR) is 113 cm³/mol. The van der Waals surface area contributed by atoms with Crippen molar-refractivity contribution in [3.63, 3.8) is 0 Å². The zero-order valence-electron chi connectivity index (χ0n) is 16.8. The Morgan fingerprint density at radius 3 is 2.45 bits per heavy atom. The van der Waals surface area contributed by atoms with E-state index in [1.54, 1.807) is 11.2 Å². The summed E-state index contributed by atoms with van der Waals surface area (Å²) in [4.78, 5) is 28.8. The van der Waals surface area contributed by atoms with Gasteiger partial charge in [-0.05, 0) is 43.2 Å². The van der Waals surface area contributed by atoms with E-state index in [0.29, 0.717) is 32.6 Å². The van der Waals surface area contributed by atoms with Crippen LogP contribution in [0, 0.1) is 13.8 Å². The van der Waals surface area contributed by atoms with Gasteiger partial charge in [-0.2, -0.15) is 0 Å². The molecule has 3 aromatic rings. The molecule has 0 radical (unpaired) electrons. The van der Waals surface area contributed by atoms with Crippen molar-refractivity contribution >= 4 is 28.6 Å². The smallest absolute Gasteiger partial charge is 0.321 e. The van der Waals surface area contributed by atoms with Crippen molar-refractivity contribution in [3.05, 3.63) is 65.4 Å². The predicted octanol–water partition coefficient (Wildman–Crippen LogP) is 3.97. The molecule has 2 heterocycles. The lowest BCUT2D eigenvalue weighted by Crippen LogP contribution is -2.52. The van der Waals surface area contributed by atoms with E-state index in [1.165, 1.54) is 0 Å². The molecule has 0 unspecified atom stereocenters. The van der Waals surface area contributed by atoms with Crippen LogP contribution in [-0.2, 0) is 11.2 Å². The molecule has 1 aromatic heterocycles. The molecule has 1 aliphatic rings. The van der Waals surface area contributed by atoms with E-state index in [0.717, 1.165) is 33.3 Å². The van der Waals surface area contributed by atoms with Gasteiger partial charge in [-0.1, -0.05) is 24.3 Å². The fourth-order valence-electron chi connectivity index (χ4n) is 3.69. The fourth-order valence-corrected chi connectivity index (χ4v) is 3.69. The molecule has 2 aromatic carbocycles. The molecule has 1 N–H and O–H groups in total. The van der Waals surface area contributed by atoms with Gasteiger partial charge < -0.3 is 19.5 Å². The number of hydrogen-bond acceptors (Lipinski definition) is 3. The number of urea groups is 1. The molecule has 29 heavy (non-hydrogen) atoms. The van der Waals surface area contributed by atoms with Crippen LogP contribution < -0.4 is 5.32 Å². The molecule has 0 bridgehead atoms. The second kappa shape index (κ2) is 7.99. The van der Waals surface area contributed by atoms with Gasteiger partial charge in [0.15, 0.2) is 0 Å². The minimum atomic E-state index is -0.126. The average molecular weight is 391 g/mol.